The second kappa shape index (κ2) is 8.64. The highest BCUT2D eigenvalue weighted by molar-refractivity contribution is 7.88. The van der Waals surface area contributed by atoms with Crippen molar-refractivity contribution in [2.45, 2.75) is 26.7 Å². The van der Waals surface area contributed by atoms with Crippen molar-refractivity contribution in [2.75, 3.05) is 30.0 Å². The molecule has 1 rings (SSSR count). The molecule has 0 unspecified atom stereocenters. The third kappa shape index (κ3) is 7.25. The van der Waals surface area contributed by atoms with E-state index in [-0.39, 0.29) is 12.5 Å². The smallest absolute Gasteiger partial charge is 0.239 e. The van der Waals surface area contributed by atoms with Gasteiger partial charge < -0.3 is 10.6 Å². The van der Waals surface area contributed by atoms with Gasteiger partial charge in [-0.15, -0.1) is 0 Å². The topological polar surface area (TPSA) is 95.6 Å². The van der Waals surface area contributed by atoms with Crippen LogP contribution in [0.25, 0.3) is 0 Å². The minimum Gasteiger partial charge on any atom is -0.326 e. The van der Waals surface area contributed by atoms with Crippen molar-refractivity contribution < 1.29 is 18.0 Å². The number of nitrogens with one attached hydrogen (secondary N) is 2. The summed E-state index contributed by atoms with van der Waals surface area (Å²) in [6.07, 6.45) is 2.62. The Balaban J connectivity index is 2.72. The van der Waals surface area contributed by atoms with Gasteiger partial charge in [-0.1, -0.05) is 19.4 Å². The molecule has 2 N–H and O–H groups in total. The molecule has 0 aliphatic rings. The lowest BCUT2D eigenvalue weighted by Gasteiger charge is -2.19. The van der Waals surface area contributed by atoms with E-state index in [4.69, 9.17) is 0 Å². The lowest BCUT2D eigenvalue weighted by atomic mass is 10.2. The molecule has 0 aromatic heterocycles. The maximum absolute atomic E-state index is 12.1. The van der Waals surface area contributed by atoms with Gasteiger partial charge in [-0.05, 0) is 24.6 Å². The minimum atomic E-state index is -3.43. The average molecular weight is 341 g/mol. The van der Waals surface area contributed by atoms with Crippen molar-refractivity contribution in [3.8, 4) is 0 Å². The first-order chi connectivity index (χ1) is 10.7. The summed E-state index contributed by atoms with van der Waals surface area (Å²) in [6.45, 7) is 3.43. The van der Waals surface area contributed by atoms with Crippen molar-refractivity contribution in [3.05, 3.63) is 24.3 Å². The molecule has 0 radical (unpaired) electrons. The number of rotatable bonds is 8. The fourth-order valence-electron chi connectivity index (χ4n) is 1.94. The summed E-state index contributed by atoms with van der Waals surface area (Å²) in [5.74, 6) is -0.636. The number of benzene rings is 1. The first kappa shape index (κ1) is 19.1. The summed E-state index contributed by atoms with van der Waals surface area (Å²) in [4.78, 5) is 23.1. The van der Waals surface area contributed by atoms with Gasteiger partial charge in [0.2, 0.25) is 21.8 Å². The molecule has 0 spiro atoms. The van der Waals surface area contributed by atoms with E-state index < -0.39 is 15.9 Å². The van der Waals surface area contributed by atoms with E-state index in [9.17, 15) is 18.0 Å². The molecule has 0 atom stereocenters. The predicted molar refractivity (Wildman–Crippen MR) is 90.7 cm³/mol. The second-order valence-corrected chi connectivity index (χ2v) is 7.24. The summed E-state index contributed by atoms with van der Waals surface area (Å²) in [6, 6.07) is 6.66. The first-order valence-corrected chi connectivity index (χ1v) is 9.20. The van der Waals surface area contributed by atoms with Gasteiger partial charge in [0.1, 0.15) is 0 Å². The number of hydrogen-bond donors (Lipinski definition) is 2. The molecular formula is C15H23N3O4S. The standard InChI is InChI=1S/C15H23N3O4S/c1-4-5-9-18(23(3,21)22)11-15(20)17-14-8-6-7-13(10-14)16-12(2)19/h6-8,10H,4-5,9,11H2,1-3H3,(H,16,19)(H,17,20). The number of amides is 2. The number of sulfonamides is 1. The summed E-state index contributed by atoms with van der Waals surface area (Å²) in [5, 5.41) is 5.25. The highest BCUT2D eigenvalue weighted by Crippen LogP contribution is 2.15. The highest BCUT2D eigenvalue weighted by Gasteiger charge is 2.19. The molecule has 7 nitrogen and oxygen atoms in total. The maximum atomic E-state index is 12.1. The van der Waals surface area contributed by atoms with Crippen LogP contribution in [0.15, 0.2) is 24.3 Å². The molecule has 0 bridgehead atoms. The van der Waals surface area contributed by atoms with Crippen LogP contribution in [-0.2, 0) is 19.6 Å². The van der Waals surface area contributed by atoms with E-state index in [1.54, 1.807) is 24.3 Å². The molecule has 8 heteroatoms. The summed E-state index contributed by atoms with van der Waals surface area (Å²) in [5.41, 5.74) is 1.05. The molecule has 1 aromatic rings. The average Bonchev–Trinajstić information content (AvgIpc) is 2.41. The summed E-state index contributed by atoms with van der Waals surface area (Å²) >= 11 is 0. The van der Waals surface area contributed by atoms with Crippen molar-refractivity contribution >= 4 is 33.2 Å². The van der Waals surface area contributed by atoms with E-state index in [0.29, 0.717) is 24.3 Å². The van der Waals surface area contributed by atoms with Gasteiger partial charge in [0.15, 0.2) is 0 Å². The van der Waals surface area contributed by atoms with E-state index in [1.165, 1.54) is 6.92 Å². The summed E-state index contributed by atoms with van der Waals surface area (Å²) in [7, 11) is -3.43. The Labute approximate surface area is 137 Å². The molecule has 0 aliphatic heterocycles. The Morgan fingerprint density at radius 2 is 1.78 bits per heavy atom. The lowest BCUT2D eigenvalue weighted by Crippen LogP contribution is -2.38. The zero-order valence-electron chi connectivity index (χ0n) is 13.6. The molecular weight excluding hydrogens is 318 g/mol. The van der Waals surface area contributed by atoms with Crippen molar-refractivity contribution in [1.82, 2.24) is 4.31 Å². The van der Waals surface area contributed by atoms with Crippen LogP contribution < -0.4 is 10.6 Å². The molecule has 0 saturated carbocycles. The van der Waals surface area contributed by atoms with Crippen LogP contribution in [0.2, 0.25) is 0 Å². The summed E-state index contributed by atoms with van der Waals surface area (Å²) < 4.78 is 24.6. The third-order valence-corrected chi connectivity index (χ3v) is 4.27. The quantitative estimate of drug-likeness (QED) is 0.751. The fourth-order valence-corrected chi connectivity index (χ4v) is 2.75. The van der Waals surface area contributed by atoms with Crippen LogP contribution >= 0.6 is 0 Å². The molecule has 23 heavy (non-hydrogen) atoms. The zero-order chi connectivity index (χ0) is 17.5. The van der Waals surface area contributed by atoms with Crippen LogP contribution in [0.4, 0.5) is 11.4 Å². The van der Waals surface area contributed by atoms with Crippen molar-refractivity contribution in [3.63, 3.8) is 0 Å². The minimum absolute atomic E-state index is 0.212. The fraction of sp³-hybridized carbons (Fsp3) is 0.467. The lowest BCUT2D eigenvalue weighted by molar-refractivity contribution is -0.116. The van der Waals surface area contributed by atoms with Crippen LogP contribution in [0.1, 0.15) is 26.7 Å². The van der Waals surface area contributed by atoms with Gasteiger partial charge in [-0.25, -0.2) is 8.42 Å². The molecule has 0 aliphatic carbocycles. The zero-order valence-corrected chi connectivity index (χ0v) is 14.4. The number of carbonyl (C=O) groups excluding carboxylic acids is 2. The van der Waals surface area contributed by atoms with E-state index in [2.05, 4.69) is 10.6 Å². The van der Waals surface area contributed by atoms with Crippen LogP contribution in [-0.4, -0.2) is 43.9 Å². The van der Waals surface area contributed by atoms with Gasteiger partial charge >= 0.3 is 0 Å². The SMILES string of the molecule is CCCCN(CC(=O)Nc1cccc(NC(C)=O)c1)S(C)(=O)=O. The van der Waals surface area contributed by atoms with Crippen LogP contribution in [0.5, 0.6) is 0 Å². The number of unbranched alkanes of at least 4 members (excludes halogenated alkanes) is 1. The second-order valence-electron chi connectivity index (χ2n) is 5.26. The van der Waals surface area contributed by atoms with Crippen molar-refractivity contribution in [1.29, 1.82) is 0 Å². The van der Waals surface area contributed by atoms with Gasteiger partial charge in [0.25, 0.3) is 0 Å². The molecule has 2 amide bonds. The first-order valence-electron chi connectivity index (χ1n) is 7.35. The Hall–Kier alpha value is -1.93. The van der Waals surface area contributed by atoms with E-state index in [0.717, 1.165) is 17.0 Å². The highest BCUT2D eigenvalue weighted by atomic mass is 32.2. The molecule has 128 valence electrons. The maximum Gasteiger partial charge on any atom is 0.239 e. The molecule has 0 saturated heterocycles. The van der Waals surface area contributed by atoms with Crippen LogP contribution in [0.3, 0.4) is 0 Å². The number of carbonyl (C=O) groups is 2. The molecule has 0 heterocycles. The largest absolute Gasteiger partial charge is 0.326 e. The Bertz CT molecular complexity index is 658. The Morgan fingerprint density at radius 3 is 2.30 bits per heavy atom. The monoisotopic (exact) mass is 341 g/mol. The van der Waals surface area contributed by atoms with Gasteiger partial charge in [-0.3, -0.25) is 9.59 Å². The number of hydrogen-bond acceptors (Lipinski definition) is 4. The van der Waals surface area contributed by atoms with Gasteiger partial charge in [0, 0.05) is 24.8 Å². The molecule has 0 fully saturated rings. The Morgan fingerprint density at radius 1 is 1.17 bits per heavy atom. The van der Waals surface area contributed by atoms with Gasteiger partial charge in [-0.2, -0.15) is 4.31 Å². The van der Waals surface area contributed by atoms with Crippen molar-refractivity contribution in [2.24, 2.45) is 0 Å². The normalized spacial score (nSPS) is 11.3. The van der Waals surface area contributed by atoms with Crippen LogP contribution in [0, 0.1) is 0 Å². The van der Waals surface area contributed by atoms with E-state index >= 15 is 0 Å². The number of nitrogens with zero attached hydrogens (tertiary/aromatic N) is 1. The third-order valence-electron chi connectivity index (χ3n) is 3.02. The van der Waals surface area contributed by atoms with Gasteiger partial charge in [0.05, 0.1) is 12.8 Å². The predicted octanol–water partition coefficient (Wildman–Crippen LogP) is 1.65. The van der Waals surface area contributed by atoms with E-state index in [1.807, 2.05) is 6.92 Å². The Kier molecular flexibility index (Phi) is 7.18. The molecule has 1 aromatic carbocycles. The number of anilines is 2.